The van der Waals surface area contributed by atoms with Crippen LogP contribution in [0.5, 0.6) is 0 Å². The van der Waals surface area contributed by atoms with Crippen LogP contribution in [0.4, 0.5) is 0 Å². The number of H-pyrrole nitrogens is 1. The van der Waals surface area contributed by atoms with E-state index in [4.69, 9.17) is 10.5 Å². The number of imidazole rings is 1. The number of amidine groups is 1. The Morgan fingerprint density at radius 1 is 1.43 bits per heavy atom. The lowest BCUT2D eigenvalue weighted by atomic mass is 10.2. The van der Waals surface area contributed by atoms with Crippen molar-refractivity contribution in [1.82, 2.24) is 14.9 Å². The van der Waals surface area contributed by atoms with Crippen LogP contribution < -0.4 is 0 Å². The van der Waals surface area contributed by atoms with Crippen molar-refractivity contribution in [2.75, 3.05) is 13.1 Å². The number of aromatic nitrogens is 2. The second-order valence-electron chi connectivity index (χ2n) is 4.84. The summed E-state index contributed by atoms with van der Waals surface area (Å²) in [6.45, 7) is 0.320. The average Bonchev–Trinajstić information content (AvgIpc) is 2.97. The Balaban J connectivity index is 1.89. The van der Waals surface area contributed by atoms with Crippen molar-refractivity contribution in [1.29, 1.82) is 5.41 Å². The maximum atomic E-state index is 10.6. The standard InChI is InChI=1S/C14H14N4O3/c15-13-12(10(19)7-18(13)6-5-11(20)21)14-16-8-3-1-2-4-9(8)17-14/h1-4,15,19H,5-7H2,(H,16,17)(H,20,21). The van der Waals surface area contributed by atoms with Gasteiger partial charge < -0.3 is 20.1 Å². The van der Waals surface area contributed by atoms with E-state index >= 15 is 0 Å². The quantitative estimate of drug-likeness (QED) is 0.681. The topological polar surface area (TPSA) is 113 Å². The third-order valence-corrected chi connectivity index (χ3v) is 3.40. The Labute approximate surface area is 120 Å². The molecule has 4 N–H and O–H groups in total. The molecule has 0 bridgehead atoms. The highest BCUT2D eigenvalue weighted by Gasteiger charge is 2.30. The lowest BCUT2D eigenvalue weighted by molar-refractivity contribution is -0.137. The largest absolute Gasteiger partial charge is 0.510 e. The van der Waals surface area contributed by atoms with E-state index in [1.54, 1.807) is 0 Å². The molecule has 2 heterocycles. The van der Waals surface area contributed by atoms with Crippen LogP contribution in [0.1, 0.15) is 12.2 Å². The number of hydrogen-bond acceptors (Lipinski definition) is 4. The molecule has 7 heteroatoms. The van der Waals surface area contributed by atoms with Crippen molar-refractivity contribution in [3.8, 4) is 0 Å². The molecule has 0 fully saturated rings. The predicted octanol–water partition coefficient (Wildman–Crippen LogP) is 1.60. The van der Waals surface area contributed by atoms with Crippen LogP contribution in [0.25, 0.3) is 16.6 Å². The van der Waals surface area contributed by atoms with Crippen molar-refractivity contribution in [2.45, 2.75) is 6.42 Å². The van der Waals surface area contributed by atoms with E-state index in [-0.39, 0.29) is 31.1 Å². The number of aliphatic hydroxyl groups is 1. The molecule has 21 heavy (non-hydrogen) atoms. The highest BCUT2D eigenvalue weighted by molar-refractivity contribution is 6.23. The number of rotatable bonds is 4. The van der Waals surface area contributed by atoms with Gasteiger partial charge in [0.15, 0.2) is 0 Å². The highest BCUT2D eigenvalue weighted by atomic mass is 16.4. The minimum Gasteiger partial charge on any atom is -0.510 e. The number of nitrogens with zero attached hydrogens (tertiary/aromatic N) is 2. The van der Waals surface area contributed by atoms with Gasteiger partial charge in [-0.3, -0.25) is 10.2 Å². The second kappa shape index (κ2) is 4.93. The van der Waals surface area contributed by atoms with Crippen LogP contribution in [0.2, 0.25) is 0 Å². The Morgan fingerprint density at radius 2 is 2.19 bits per heavy atom. The lowest BCUT2D eigenvalue weighted by Crippen LogP contribution is -2.29. The molecule has 0 spiro atoms. The van der Waals surface area contributed by atoms with Crippen LogP contribution in [-0.2, 0) is 4.79 Å². The molecule has 2 aromatic rings. The van der Waals surface area contributed by atoms with Gasteiger partial charge >= 0.3 is 5.97 Å². The number of fused-ring (bicyclic) bond motifs is 1. The van der Waals surface area contributed by atoms with Crippen LogP contribution in [0.3, 0.4) is 0 Å². The minimum absolute atomic E-state index is 0.0319. The van der Waals surface area contributed by atoms with E-state index in [1.807, 2.05) is 24.3 Å². The first kappa shape index (κ1) is 13.2. The predicted molar refractivity (Wildman–Crippen MR) is 77.2 cm³/mol. The third-order valence-electron chi connectivity index (χ3n) is 3.40. The normalized spacial score (nSPS) is 15.2. The monoisotopic (exact) mass is 286 g/mol. The van der Waals surface area contributed by atoms with Gasteiger partial charge in [-0.1, -0.05) is 12.1 Å². The fraction of sp³-hybridized carbons (Fsp3) is 0.214. The van der Waals surface area contributed by atoms with E-state index in [9.17, 15) is 9.90 Å². The Kier molecular flexibility index (Phi) is 3.09. The number of hydrogen-bond donors (Lipinski definition) is 4. The summed E-state index contributed by atoms with van der Waals surface area (Å²) >= 11 is 0. The summed E-state index contributed by atoms with van der Waals surface area (Å²) in [7, 11) is 0. The van der Waals surface area contributed by atoms with Crippen molar-refractivity contribution in [2.24, 2.45) is 0 Å². The molecular weight excluding hydrogens is 272 g/mol. The number of carboxylic acid groups (broad SMARTS) is 1. The smallest absolute Gasteiger partial charge is 0.305 e. The van der Waals surface area contributed by atoms with Crippen LogP contribution in [-0.4, -0.2) is 50.0 Å². The SMILES string of the molecule is N=C1C(c2nc3ccccc3[nH]2)=C(O)CN1CCC(=O)O. The van der Waals surface area contributed by atoms with Gasteiger partial charge in [0.05, 0.1) is 29.6 Å². The Hall–Kier alpha value is -2.83. The van der Waals surface area contributed by atoms with Gasteiger partial charge in [-0.15, -0.1) is 0 Å². The number of para-hydroxylation sites is 2. The maximum Gasteiger partial charge on any atom is 0.305 e. The fourth-order valence-corrected chi connectivity index (χ4v) is 2.38. The summed E-state index contributed by atoms with van der Waals surface area (Å²) in [5.41, 5.74) is 1.91. The number of nitrogens with one attached hydrogen (secondary N) is 2. The third kappa shape index (κ3) is 2.33. The first-order valence-electron chi connectivity index (χ1n) is 6.49. The van der Waals surface area contributed by atoms with E-state index in [0.29, 0.717) is 11.4 Å². The van der Waals surface area contributed by atoms with Gasteiger partial charge in [0.2, 0.25) is 0 Å². The molecule has 0 aliphatic carbocycles. The summed E-state index contributed by atoms with van der Waals surface area (Å²) in [5, 5.41) is 26.9. The molecule has 0 radical (unpaired) electrons. The summed E-state index contributed by atoms with van der Waals surface area (Å²) < 4.78 is 0. The molecule has 3 rings (SSSR count). The van der Waals surface area contributed by atoms with Gasteiger partial charge in [0.25, 0.3) is 0 Å². The summed E-state index contributed by atoms with van der Waals surface area (Å²) in [6, 6.07) is 7.44. The fourth-order valence-electron chi connectivity index (χ4n) is 2.38. The minimum atomic E-state index is -0.931. The van der Waals surface area contributed by atoms with Gasteiger partial charge in [-0.2, -0.15) is 0 Å². The Morgan fingerprint density at radius 3 is 2.90 bits per heavy atom. The zero-order chi connectivity index (χ0) is 15.0. The highest BCUT2D eigenvalue weighted by Crippen LogP contribution is 2.27. The maximum absolute atomic E-state index is 10.6. The van der Waals surface area contributed by atoms with E-state index in [0.717, 1.165) is 11.0 Å². The number of benzene rings is 1. The summed E-state index contributed by atoms with van der Waals surface area (Å²) in [5.74, 6) is -0.381. The van der Waals surface area contributed by atoms with Crippen LogP contribution in [0, 0.1) is 5.41 Å². The number of aliphatic carboxylic acids is 1. The molecule has 1 aromatic heterocycles. The zero-order valence-corrected chi connectivity index (χ0v) is 11.1. The number of carboxylic acids is 1. The molecule has 0 saturated carbocycles. The summed E-state index contributed by atoms with van der Waals surface area (Å²) in [6.07, 6.45) is -0.0803. The lowest BCUT2D eigenvalue weighted by Gasteiger charge is -2.16. The first-order valence-corrected chi connectivity index (χ1v) is 6.49. The van der Waals surface area contributed by atoms with E-state index in [2.05, 4.69) is 9.97 Å². The van der Waals surface area contributed by atoms with Gasteiger partial charge in [0, 0.05) is 6.54 Å². The van der Waals surface area contributed by atoms with E-state index in [1.165, 1.54) is 4.90 Å². The van der Waals surface area contributed by atoms with Crippen molar-refractivity contribution >= 4 is 28.4 Å². The molecule has 0 amide bonds. The van der Waals surface area contributed by atoms with Crippen molar-refractivity contribution in [3.63, 3.8) is 0 Å². The molecule has 0 unspecified atom stereocenters. The molecule has 1 aliphatic heterocycles. The number of aliphatic hydroxyl groups excluding tert-OH is 1. The molecule has 1 aliphatic rings. The average molecular weight is 286 g/mol. The van der Waals surface area contributed by atoms with Crippen molar-refractivity contribution < 1.29 is 15.0 Å². The summed E-state index contributed by atoms with van der Waals surface area (Å²) in [4.78, 5) is 19.6. The molecule has 0 atom stereocenters. The van der Waals surface area contributed by atoms with Gasteiger partial charge in [-0.05, 0) is 12.1 Å². The molecule has 0 saturated heterocycles. The number of carbonyl (C=O) groups is 1. The van der Waals surface area contributed by atoms with Gasteiger partial charge in [-0.25, -0.2) is 4.98 Å². The van der Waals surface area contributed by atoms with Gasteiger partial charge in [0.1, 0.15) is 17.4 Å². The van der Waals surface area contributed by atoms with E-state index < -0.39 is 5.97 Å². The first-order chi connectivity index (χ1) is 10.1. The van der Waals surface area contributed by atoms with Crippen molar-refractivity contribution in [3.05, 3.63) is 35.8 Å². The molecule has 1 aromatic carbocycles. The number of aromatic amines is 1. The van der Waals surface area contributed by atoms with Crippen LogP contribution in [0.15, 0.2) is 30.0 Å². The molecule has 108 valence electrons. The molecule has 7 nitrogen and oxygen atoms in total. The zero-order valence-electron chi connectivity index (χ0n) is 11.1. The Bertz CT molecular complexity index is 729. The van der Waals surface area contributed by atoms with Crippen LogP contribution >= 0.6 is 0 Å². The second-order valence-corrected chi connectivity index (χ2v) is 4.84. The molecular formula is C14H14N4O3.